The summed E-state index contributed by atoms with van der Waals surface area (Å²) in [6, 6.07) is 23.6. The number of hydrogen-bond donors (Lipinski definition) is 1. The van der Waals surface area contributed by atoms with Gasteiger partial charge in [0, 0.05) is 5.56 Å². The maximum absolute atomic E-state index is 13.2. The molecule has 1 N–H and O–H groups in total. The van der Waals surface area contributed by atoms with Gasteiger partial charge in [0.05, 0.1) is 6.21 Å². The second kappa shape index (κ2) is 8.62. The molecule has 29 heavy (non-hydrogen) atoms. The van der Waals surface area contributed by atoms with Crippen LogP contribution in [0.25, 0.3) is 11.4 Å². The van der Waals surface area contributed by atoms with E-state index in [1.54, 1.807) is 18.3 Å². The lowest BCUT2D eigenvalue weighted by Crippen LogP contribution is -1.96. The van der Waals surface area contributed by atoms with E-state index in [0.29, 0.717) is 22.8 Å². The summed E-state index contributed by atoms with van der Waals surface area (Å²) in [5, 5.41) is 11.3. The third-order valence-electron chi connectivity index (χ3n) is 4.20. The van der Waals surface area contributed by atoms with Gasteiger partial charge in [0.25, 0.3) is 0 Å². The molecule has 0 radical (unpaired) electrons. The Morgan fingerprint density at radius 3 is 2.45 bits per heavy atom. The van der Waals surface area contributed by atoms with Crippen LogP contribution in [0.1, 0.15) is 11.1 Å². The highest BCUT2D eigenvalue weighted by Gasteiger charge is 2.08. The van der Waals surface area contributed by atoms with Crippen molar-refractivity contribution in [3.8, 4) is 17.1 Å². The van der Waals surface area contributed by atoms with E-state index in [1.807, 2.05) is 54.6 Å². The lowest BCUT2D eigenvalue weighted by atomic mass is 10.2. The number of rotatable bonds is 6. The number of aromatic nitrogens is 3. The average Bonchev–Trinajstić information content (AvgIpc) is 3.13. The minimum absolute atomic E-state index is 0.312. The van der Waals surface area contributed by atoms with E-state index in [9.17, 15) is 4.39 Å². The van der Waals surface area contributed by atoms with Crippen LogP contribution in [0.5, 0.6) is 5.75 Å². The van der Waals surface area contributed by atoms with E-state index in [4.69, 9.17) is 17.0 Å². The van der Waals surface area contributed by atoms with Crippen LogP contribution in [-0.2, 0) is 6.61 Å². The predicted octanol–water partition coefficient (Wildman–Crippen LogP) is 5.21. The van der Waals surface area contributed by atoms with Crippen molar-refractivity contribution in [2.24, 2.45) is 5.10 Å². The van der Waals surface area contributed by atoms with Gasteiger partial charge in [-0.15, -0.1) is 0 Å². The van der Waals surface area contributed by atoms with Gasteiger partial charge in [-0.2, -0.15) is 14.9 Å². The molecule has 0 aliphatic heterocycles. The fourth-order valence-electron chi connectivity index (χ4n) is 2.70. The molecule has 0 spiro atoms. The first-order chi connectivity index (χ1) is 14.2. The molecule has 0 fully saturated rings. The summed E-state index contributed by atoms with van der Waals surface area (Å²) in [7, 11) is 0. The Balaban J connectivity index is 1.48. The smallest absolute Gasteiger partial charge is 0.216 e. The zero-order valence-electron chi connectivity index (χ0n) is 15.3. The first-order valence-corrected chi connectivity index (χ1v) is 9.34. The Hall–Kier alpha value is -3.58. The predicted molar refractivity (Wildman–Crippen MR) is 113 cm³/mol. The van der Waals surface area contributed by atoms with Crippen LogP contribution >= 0.6 is 12.2 Å². The lowest BCUT2D eigenvalue weighted by Gasteiger charge is -2.06. The van der Waals surface area contributed by atoms with Gasteiger partial charge in [-0.3, -0.25) is 0 Å². The normalized spacial score (nSPS) is 11.1. The van der Waals surface area contributed by atoms with E-state index in [1.165, 1.54) is 16.8 Å². The molecule has 0 aliphatic carbocycles. The molecule has 7 heteroatoms. The summed E-state index contributed by atoms with van der Waals surface area (Å²) in [6.07, 6.45) is 1.68. The average molecular weight is 404 g/mol. The van der Waals surface area contributed by atoms with Crippen LogP contribution in [0, 0.1) is 10.6 Å². The van der Waals surface area contributed by atoms with Gasteiger partial charge in [-0.1, -0.05) is 30.3 Å². The summed E-state index contributed by atoms with van der Waals surface area (Å²) >= 11 is 5.25. The molecule has 0 atom stereocenters. The molecule has 0 unspecified atom stereocenters. The highest BCUT2D eigenvalue weighted by atomic mass is 32.1. The van der Waals surface area contributed by atoms with Crippen LogP contribution in [-0.4, -0.2) is 21.1 Å². The summed E-state index contributed by atoms with van der Waals surface area (Å²) in [5.41, 5.74) is 2.70. The summed E-state index contributed by atoms with van der Waals surface area (Å²) < 4.78 is 20.8. The van der Waals surface area contributed by atoms with E-state index in [0.717, 1.165) is 16.9 Å². The lowest BCUT2D eigenvalue weighted by molar-refractivity contribution is 0.306. The van der Waals surface area contributed by atoms with Gasteiger partial charge in [-0.25, -0.2) is 9.49 Å². The van der Waals surface area contributed by atoms with Crippen LogP contribution in [0.15, 0.2) is 84.0 Å². The van der Waals surface area contributed by atoms with Crippen molar-refractivity contribution in [2.75, 3.05) is 0 Å². The van der Waals surface area contributed by atoms with Gasteiger partial charge in [0.15, 0.2) is 5.82 Å². The van der Waals surface area contributed by atoms with Crippen molar-refractivity contribution in [3.63, 3.8) is 0 Å². The fourth-order valence-corrected chi connectivity index (χ4v) is 2.88. The molecule has 0 saturated carbocycles. The number of nitrogens with zero attached hydrogens (tertiary/aromatic N) is 3. The standard InChI is InChI=1S/C22H17FN4OS/c23-19-10-8-18(9-11-19)21-25-26-22(29)27(21)24-14-16-6-12-20(13-7-16)28-15-17-4-2-1-3-5-17/h1-14H,15H2,(H,26,29)/b24-14+. The number of ether oxygens (including phenoxy) is 1. The zero-order valence-corrected chi connectivity index (χ0v) is 16.1. The Morgan fingerprint density at radius 1 is 1.00 bits per heavy atom. The summed E-state index contributed by atoms with van der Waals surface area (Å²) in [6.45, 7) is 0.513. The van der Waals surface area contributed by atoms with Crippen molar-refractivity contribution >= 4 is 18.4 Å². The highest BCUT2D eigenvalue weighted by Crippen LogP contribution is 2.18. The summed E-state index contributed by atoms with van der Waals surface area (Å²) in [4.78, 5) is 0. The monoisotopic (exact) mass is 404 g/mol. The number of nitrogens with one attached hydrogen (secondary N) is 1. The van der Waals surface area contributed by atoms with E-state index >= 15 is 0 Å². The SMILES string of the molecule is Fc1ccc(-c2n[nH]c(=S)n2/N=C/c2ccc(OCc3ccccc3)cc2)cc1. The minimum Gasteiger partial charge on any atom is -0.489 e. The van der Waals surface area contributed by atoms with Crippen molar-refractivity contribution in [1.29, 1.82) is 0 Å². The molecule has 144 valence electrons. The first-order valence-electron chi connectivity index (χ1n) is 8.93. The van der Waals surface area contributed by atoms with Crippen LogP contribution in [0.4, 0.5) is 4.39 Å². The van der Waals surface area contributed by atoms with Gasteiger partial charge in [-0.05, 0) is 71.9 Å². The second-order valence-corrected chi connectivity index (χ2v) is 6.65. The van der Waals surface area contributed by atoms with Crippen LogP contribution in [0.3, 0.4) is 0 Å². The van der Waals surface area contributed by atoms with Crippen LogP contribution in [0.2, 0.25) is 0 Å². The van der Waals surface area contributed by atoms with Crippen molar-refractivity contribution in [1.82, 2.24) is 14.9 Å². The maximum atomic E-state index is 13.2. The van der Waals surface area contributed by atoms with Crippen molar-refractivity contribution < 1.29 is 9.13 Å². The fraction of sp³-hybridized carbons (Fsp3) is 0.0455. The molecule has 4 aromatic rings. The third kappa shape index (κ3) is 4.64. The number of aromatic amines is 1. The highest BCUT2D eigenvalue weighted by molar-refractivity contribution is 7.71. The van der Waals surface area contributed by atoms with Gasteiger partial charge in [0.1, 0.15) is 18.2 Å². The quantitative estimate of drug-likeness (QED) is 0.355. The molecule has 5 nitrogen and oxygen atoms in total. The van der Waals surface area contributed by atoms with Crippen LogP contribution < -0.4 is 4.74 Å². The molecule has 1 heterocycles. The molecule has 4 rings (SSSR count). The molecule has 0 saturated heterocycles. The van der Waals surface area contributed by atoms with Crippen molar-refractivity contribution in [2.45, 2.75) is 6.61 Å². The molecular weight excluding hydrogens is 387 g/mol. The number of hydrogen-bond acceptors (Lipinski definition) is 4. The zero-order chi connectivity index (χ0) is 20.1. The molecular formula is C22H17FN4OS. The molecule has 0 amide bonds. The van der Waals surface area contributed by atoms with Gasteiger partial charge in [0.2, 0.25) is 4.77 Å². The largest absolute Gasteiger partial charge is 0.489 e. The minimum atomic E-state index is -0.312. The number of benzene rings is 3. The third-order valence-corrected chi connectivity index (χ3v) is 4.47. The maximum Gasteiger partial charge on any atom is 0.216 e. The second-order valence-electron chi connectivity index (χ2n) is 6.26. The number of halogens is 1. The first kappa shape index (κ1) is 18.8. The van der Waals surface area contributed by atoms with Crippen molar-refractivity contribution in [3.05, 3.63) is 101 Å². The Kier molecular flexibility index (Phi) is 5.58. The summed E-state index contributed by atoms with van der Waals surface area (Å²) in [5.74, 6) is 0.972. The molecule has 3 aromatic carbocycles. The topological polar surface area (TPSA) is 55.2 Å². The molecule has 1 aromatic heterocycles. The van der Waals surface area contributed by atoms with E-state index in [-0.39, 0.29) is 5.82 Å². The Labute approximate surface area is 172 Å². The van der Waals surface area contributed by atoms with E-state index < -0.39 is 0 Å². The Bertz CT molecular complexity index is 1170. The molecule has 0 bridgehead atoms. The molecule has 0 aliphatic rings. The van der Waals surface area contributed by atoms with E-state index in [2.05, 4.69) is 15.3 Å². The van der Waals surface area contributed by atoms with Gasteiger partial charge >= 0.3 is 0 Å². The number of H-pyrrole nitrogens is 1. The Morgan fingerprint density at radius 2 is 1.72 bits per heavy atom. The van der Waals surface area contributed by atoms with Gasteiger partial charge < -0.3 is 4.74 Å².